The second-order valence-electron chi connectivity index (χ2n) is 6.47. The number of amides is 2. The number of hydrogen-bond acceptors (Lipinski definition) is 3. The summed E-state index contributed by atoms with van der Waals surface area (Å²) in [5, 5.41) is 5.54. The van der Waals surface area contributed by atoms with Gasteiger partial charge in [-0.25, -0.2) is 0 Å². The molecule has 7 heteroatoms. The molecule has 144 valence electrons. The van der Waals surface area contributed by atoms with Crippen molar-refractivity contribution in [3.05, 3.63) is 54.1 Å². The zero-order chi connectivity index (χ0) is 19.8. The first-order valence-electron chi connectivity index (χ1n) is 8.55. The predicted octanol–water partition coefficient (Wildman–Crippen LogP) is 4.45. The van der Waals surface area contributed by atoms with Gasteiger partial charge in [-0.3, -0.25) is 9.59 Å². The monoisotopic (exact) mass is 376 g/mol. The zero-order valence-corrected chi connectivity index (χ0v) is 15.2. The highest BCUT2D eigenvalue weighted by Crippen LogP contribution is 2.17. The van der Waals surface area contributed by atoms with Crippen LogP contribution in [0, 0.1) is 5.92 Å². The Morgan fingerprint density at radius 2 is 1.41 bits per heavy atom. The van der Waals surface area contributed by atoms with Crippen molar-refractivity contribution >= 4 is 23.2 Å². The molecule has 2 N–H and O–H groups in total. The summed E-state index contributed by atoms with van der Waals surface area (Å²) in [4.78, 5) is 23.8. The van der Waals surface area contributed by atoms with Gasteiger partial charge in [0.25, 0.3) is 0 Å². The molecule has 0 fully saturated rings. The topological polar surface area (TPSA) is 67.4 Å². The molecule has 0 aliphatic rings. The number of anilines is 2. The Morgan fingerprint density at radius 1 is 0.889 bits per heavy atom. The third-order valence-electron chi connectivity index (χ3n) is 3.56. The number of rotatable bonds is 8. The van der Waals surface area contributed by atoms with Crippen LogP contribution in [-0.4, -0.2) is 18.4 Å². The van der Waals surface area contributed by atoms with Crippen LogP contribution in [0.3, 0.4) is 0 Å². The lowest BCUT2D eigenvalue weighted by Gasteiger charge is -2.09. The van der Waals surface area contributed by atoms with Crippen LogP contribution in [0.5, 0.6) is 5.75 Å². The summed E-state index contributed by atoms with van der Waals surface area (Å²) in [5.74, 6) is 0.0269. The number of nitrogens with one attached hydrogen (secondary N) is 2. The molecule has 0 aromatic heterocycles. The Morgan fingerprint density at radius 3 is 1.89 bits per heavy atom. The van der Waals surface area contributed by atoms with E-state index in [0.29, 0.717) is 23.4 Å². The number of carbonyl (C=O) groups excluding carboxylic acids is 2. The van der Waals surface area contributed by atoms with Gasteiger partial charge in [-0.05, 0) is 47.9 Å². The van der Waals surface area contributed by atoms with Crippen molar-refractivity contribution in [2.24, 2.45) is 5.92 Å². The quantitative estimate of drug-likeness (QED) is 0.715. The zero-order valence-electron chi connectivity index (χ0n) is 15.2. The summed E-state index contributed by atoms with van der Waals surface area (Å²) in [6.07, 6.45) is 0.543. The molecule has 0 unspecified atom stereocenters. The predicted molar refractivity (Wildman–Crippen MR) is 99.9 cm³/mol. The first-order chi connectivity index (χ1) is 12.8. The minimum Gasteiger partial charge on any atom is -0.435 e. The van der Waals surface area contributed by atoms with E-state index in [0.717, 1.165) is 0 Å². The highest BCUT2D eigenvalue weighted by molar-refractivity contribution is 5.93. The summed E-state index contributed by atoms with van der Waals surface area (Å²) in [6, 6.07) is 12.7. The van der Waals surface area contributed by atoms with Gasteiger partial charge in [0.1, 0.15) is 5.75 Å². The van der Waals surface area contributed by atoms with Crippen LogP contribution in [0.4, 0.5) is 20.2 Å². The van der Waals surface area contributed by atoms with Crippen LogP contribution in [-0.2, 0) is 16.0 Å². The van der Waals surface area contributed by atoms with Gasteiger partial charge in [-0.2, -0.15) is 8.78 Å². The van der Waals surface area contributed by atoms with Crippen LogP contribution in [0.2, 0.25) is 0 Å². The van der Waals surface area contributed by atoms with Crippen molar-refractivity contribution in [3.8, 4) is 5.75 Å². The van der Waals surface area contributed by atoms with E-state index in [1.54, 1.807) is 36.4 Å². The second-order valence-corrected chi connectivity index (χ2v) is 6.47. The molecule has 0 atom stereocenters. The first-order valence-corrected chi connectivity index (χ1v) is 8.55. The van der Waals surface area contributed by atoms with Crippen molar-refractivity contribution in [2.45, 2.75) is 33.3 Å². The fraction of sp³-hybridized carbons (Fsp3) is 0.300. The van der Waals surface area contributed by atoms with Crippen molar-refractivity contribution in [1.82, 2.24) is 0 Å². The number of halogens is 2. The van der Waals surface area contributed by atoms with E-state index in [2.05, 4.69) is 15.4 Å². The van der Waals surface area contributed by atoms with Gasteiger partial charge < -0.3 is 15.4 Å². The number of benzene rings is 2. The normalized spacial score (nSPS) is 10.7. The highest BCUT2D eigenvalue weighted by atomic mass is 19.3. The number of ether oxygens (including phenoxy) is 1. The standard InChI is InChI=1S/C20H22F2N2O3/c1-13(2)11-18(25)23-15-5-7-16(8-6-15)24-19(26)12-14-3-9-17(10-4-14)27-20(21)22/h3-10,13,20H,11-12H2,1-2H3,(H,23,25)(H,24,26). The SMILES string of the molecule is CC(C)CC(=O)Nc1ccc(NC(=O)Cc2ccc(OC(F)F)cc2)cc1. The lowest BCUT2D eigenvalue weighted by molar-refractivity contribution is -0.117. The van der Waals surface area contributed by atoms with Crippen LogP contribution >= 0.6 is 0 Å². The molecule has 0 radical (unpaired) electrons. The maximum absolute atomic E-state index is 12.1. The molecule has 0 saturated carbocycles. The molecule has 0 saturated heterocycles. The summed E-state index contributed by atoms with van der Waals surface area (Å²) in [5.41, 5.74) is 1.93. The average molecular weight is 376 g/mol. The summed E-state index contributed by atoms with van der Waals surface area (Å²) < 4.78 is 28.5. The summed E-state index contributed by atoms with van der Waals surface area (Å²) in [6.45, 7) is 1.06. The molecular weight excluding hydrogens is 354 g/mol. The molecule has 2 aromatic rings. The van der Waals surface area contributed by atoms with E-state index >= 15 is 0 Å². The molecule has 2 aromatic carbocycles. The Bertz CT molecular complexity index is 760. The Hall–Kier alpha value is -2.96. The van der Waals surface area contributed by atoms with Gasteiger partial charge in [0, 0.05) is 17.8 Å². The van der Waals surface area contributed by atoms with Crippen LogP contribution in [0.15, 0.2) is 48.5 Å². The second kappa shape index (κ2) is 9.66. The van der Waals surface area contributed by atoms with Gasteiger partial charge in [0.15, 0.2) is 0 Å². The molecule has 0 aliphatic carbocycles. The third kappa shape index (κ3) is 7.43. The van der Waals surface area contributed by atoms with E-state index in [4.69, 9.17) is 0 Å². The van der Waals surface area contributed by atoms with Gasteiger partial charge in [-0.1, -0.05) is 26.0 Å². The Labute approximate surface area is 156 Å². The highest BCUT2D eigenvalue weighted by Gasteiger charge is 2.08. The first kappa shape index (κ1) is 20.4. The minimum atomic E-state index is -2.88. The van der Waals surface area contributed by atoms with Crippen molar-refractivity contribution < 1.29 is 23.1 Å². The van der Waals surface area contributed by atoms with Crippen LogP contribution in [0.25, 0.3) is 0 Å². The maximum atomic E-state index is 12.1. The van der Waals surface area contributed by atoms with Gasteiger partial charge >= 0.3 is 6.61 Å². The fourth-order valence-electron chi connectivity index (χ4n) is 2.40. The van der Waals surface area contributed by atoms with Gasteiger partial charge in [0.2, 0.25) is 11.8 Å². The molecule has 5 nitrogen and oxygen atoms in total. The van der Waals surface area contributed by atoms with E-state index in [9.17, 15) is 18.4 Å². The van der Waals surface area contributed by atoms with Crippen molar-refractivity contribution in [1.29, 1.82) is 0 Å². The lowest BCUT2D eigenvalue weighted by atomic mass is 10.1. The smallest absolute Gasteiger partial charge is 0.387 e. The molecule has 0 heterocycles. The fourth-order valence-corrected chi connectivity index (χ4v) is 2.40. The largest absolute Gasteiger partial charge is 0.435 e. The van der Waals surface area contributed by atoms with E-state index < -0.39 is 6.61 Å². The average Bonchev–Trinajstić information content (AvgIpc) is 2.57. The molecule has 2 rings (SSSR count). The third-order valence-corrected chi connectivity index (χ3v) is 3.56. The number of alkyl halides is 2. The summed E-state index contributed by atoms with van der Waals surface area (Å²) in [7, 11) is 0. The maximum Gasteiger partial charge on any atom is 0.387 e. The lowest BCUT2D eigenvalue weighted by Crippen LogP contribution is -2.15. The van der Waals surface area contributed by atoms with Crippen molar-refractivity contribution in [3.63, 3.8) is 0 Å². The van der Waals surface area contributed by atoms with Crippen molar-refractivity contribution in [2.75, 3.05) is 10.6 Å². The molecular formula is C20H22F2N2O3. The summed E-state index contributed by atoms with van der Waals surface area (Å²) >= 11 is 0. The van der Waals surface area contributed by atoms with Gasteiger partial charge in [-0.15, -0.1) is 0 Å². The molecule has 2 amide bonds. The van der Waals surface area contributed by atoms with E-state index in [1.807, 2.05) is 13.8 Å². The molecule has 0 bridgehead atoms. The molecule has 27 heavy (non-hydrogen) atoms. The molecule has 0 aliphatic heterocycles. The Kier molecular flexibility index (Phi) is 7.28. The van der Waals surface area contributed by atoms with Gasteiger partial charge in [0.05, 0.1) is 6.42 Å². The van der Waals surface area contributed by atoms with E-state index in [1.165, 1.54) is 12.1 Å². The van der Waals surface area contributed by atoms with Crippen LogP contribution in [0.1, 0.15) is 25.8 Å². The number of hydrogen-bond donors (Lipinski definition) is 2. The number of carbonyl (C=O) groups is 2. The Balaban J connectivity index is 1.85. The van der Waals surface area contributed by atoms with Crippen LogP contribution < -0.4 is 15.4 Å². The van der Waals surface area contributed by atoms with E-state index in [-0.39, 0.29) is 29.9 Å². The molecule has 0 spiro atoms. The minimum absolute atomic E-state index is 0.0456.